The van der Waals surface area contributed by atoms with E-state index in [1.807, 2.05) is 20.8 Å². The Hall–Kier alpha value is -0.290. The summed E-state index contributed by atoms with van der Waals surface area (Å²) in [4.78, 5) is 13.2. The van der Waals surface area contributed by atoms with E-state index in [0.29, 0.717) is 5.92 Å². The van der Waals surface area contributed by atoms with E-state index in [1.54, 1.807) is 4.90 Å². The first kappa shape index (κ1) is 15.8. The molecule has 0 bridgehead atoms. The molecule has 4 nitrogen and oxygen atoms in total. The Kier molecular flexibility index (Phi) is 5.92. The monoisotopic (exact) mass is 321 g/mol. The molecule has 1 saturated heterocycles. The minimum absolute atomic E-state index is 0.0748. The molecule has 0 aromatic heterocycles. The molecule has 1 fully saturated rings. The summed E-state index contributed by atoms with van der Waals surface area (Å²) in [6, 6.07) is 0.0748. The van der Waals surface area contributed by atoms with Crippen molar-refractivity contribution in [3.8, 4) is 0 Å². The zero-order valence-electron chi connectivity index (χ0n) is 11.5. The lowest BCUT2D eigenvalue weighted by Crippen LogP contribution is -2.54. The van der Waals surface area contributed by atoms with E-state index in [4.69, 9.17) is 4.74 Å². The smallest absolute Gasteiger partial charge is 0.407 e. The Morgan fingerprint density at radius 3 is 2.39 bits per heavy atom. The SMILES string of the molecule is CC(C)(C)N(C(=O)O)C(CCBr)C1CCOCC1. The largest absolute Gasteiger partial charge is 0.465 e. The van der Waals surface area contributed by atoms with Gasteiger partial charge in [-0.1, -0.05) is 15.9 Å². The van der Waals surface area contributed by atoms with E-state index in [1.165, 1.54) is 0 Å². The van der Waals surface area contributed by atoms with E-state index in [0.717, 1.165) is 37.8 Å². The molecule has 0 saturated carbocycles. The third kappa shape index (κ3) is 4.12. The van der Waals surface area contributed by atoms with E-state index in [2.05, 4.69) is 15.9 Å². The Labute approximate surface area is 118 Å². The molecule has 1 amide bonds. The lowest BCUT2D eigenvalue weighted by Gasteiger charge is -2.44. The van der Waals surface area contributed by atoms with Crippen molar-refractivity contribution in [3.63, 3.8) is 0 Å². The van der Waals surface area contributed by atoms with Gasteiger partial charge in [0, 0.05) is 30.1 Å². The molecule has 18 heavy (non-hydrogen) atoms. The van der Waals surface area contributed by atoms with Crippen molar-refractivity contribution in [1.82, 2.24) is 4.90 Å². The summed E-state index contributed by atoms with van der Waals surface area (Å²) in [6.45, 7) is 7.38. The van der Waals surface area contributed by atoms with Crippen LogP contribution in [0.2, 0.25) is 0 Å². The zero-order valence-corrected chi connectivity index (χ0v) is 13.1. The highest BCUT2D eigenvalue weighted by molar-refractivity contribution is 9.09. The number of alkyl halides is 1. The maximum absolute atomic E-state index is 11.6. The minimum Gasteiger partial charge on any atom is -0.465 e. The fourth-order valence-corrected chi connectivity index (χ4v) is 3.18. The van der Waals surface area contributed by atoms with Gasteiger partial charge in [-0.05, 0) is 46.0 Å². The van der Waals surface area contributed by atoms with Crippen LogP contribution < -0.4 is 0 Å². The molecule has 1 N–H and O–H groups in total. The Bertz CT molecular complexity index is 272. The van der Waals surface area contributed by atoms with Crippen molar-refractivity contribution in [2.45, 2.75) is 51.6 Å². The Balaban J connectivity index is 2.88. The molecule has 1 rings (SSSR count). The van der Waals surface area contributed by atoms with Crippen LogP contribution in [-0.2, 0) is 4.74 Å². The van der Waals surface area contributed by atoms with Crippen LogP contribution in [-0.4, -0.2) is 46.2 Å². The van der Waals surface area contributed by atoms with Crippen LogP contribution in [0.15, 0.2) is 0 Å². The normalized spacial score (nSPS) is 19.6. The summed E-state index contributed by atoms with van der Waals surface area (Å²) < 4.78 is 5.38. The number of rotatable bonds is 4. The van der Waals surface area contributed by atoms with Crippen molar-refractivity contribution < 1.29 is 14.6 Å². The first-order chi connectivity index (χ1) is 8.38. The predicted molar refractivity (Wildman–Crippen MR) is 75.4 cm³/mol. The highest BCUT2D eigenvalue weighted by Gasteiger charge is 2.37. The average Bonchev–Trinajstić information content (AvgIpc) is 2.27. The highest BCUT2D eigenvalue weighted by Crippen LogP contribution is 2.30. The molecule has 1 aliphatic rings. The summed E-state index contributed by atoms with van der Waals surface area (Å²) in [5.74, 6) is 0.409. The second-order valence-corrected chi connectivity index (χ2v) is 6.61. The lowest BCUT2D eigenvalue weighted by molar-refractivity contribution is 0.00114. The van der Waals surface area contributed by atoms with Gasteiger partial charge in [-0.3, -0.25) is 0 Å². The molecular weight excluding hydrogens is 298 g/mol. The molecule has 1 heterocycles. The fraction of sp³-hybridized carbons (Fsp3) is 0.923. The van der Waals surface area contributed by atoms with Crippen molar-refractivity contribution in [1.29, 1.82) is 0 Å². The Morgan fingerprint density at radius 1 is 1.44 bits per heavy atom. The highest BCUT2D eigenvalue weighted by atomic mass is 79.9. The molecule has 0 spiro atoms. The summed E-state index contributed by atoms with van der Waals surface area (Å²) in [7, 11) is 0. The van der Waals surface area contributed by atoms with Gasteiger partial charge in [0.2, 0.25) is 0 Å². The average molecular weight is 322 g/mol. The second kappa shape index (κ2) is 6.75. The molecule has 1 aliphatic heterocycles. The number of hydrogen-bond donors (Lipinski definition) is 1. The molecule has 106 valence electrons. The van der Waals surface area contributed by atoms with Gasteiger partial charge in [0.25, 0.3) is 0 Å². The van der Waals surface area contributed by atoms with Gasteiger partial charge in [-0.25, -0.2) is 4.79 Å². The Morgan fingerprint density at radius 2 is 2.00 bits per heavy atom. The number of ether oxygens (including phenoxy) is 1. The van der Waals surface area contributed by atoms with Crippen molar-refractivity contribution in [3.05, 3.63) is 0 Å². The van der Waals surface area contributed by atoms with Crippen LogP contribution in [0.3, 0.4) is 0 Å². The first-order valence-corrected chi connectivity index (χ1v) is 7.66. The summed E-state index contributed by atoms with van der Waals surface area (Å²) in [5, 5.41) is 10.3. The second-order valence-electron chi connectivity index (χ2n) is 5.82. The van der Waals surface area contributed by atoms with Gasteiger partial charge in [0.15, 0.2) is 0 Å². The van der Waals surface area contributed by atoms with E-state index in [-0.39, 0.29) is 11.6 Å². The van der Waals surface area contributed by atoms with Crippen molar-refractivity contribution in [2.24, 2.45) is 5.92 Å². The van der Waals surface area contributed by atoms with Crippen LogP contribution in [0.4, 0.5) is 4.79 Å². The summed E-state index contributed by atoms with van der Waals surface area (Å²) in [6.07, 6.45) is 1.95. The van der Waals surface area contributed by atoms with Gasteiger partial charge < -0.3 is 14.7 Å². The van der Waals surface area contributed by atoms with Crippen LogP contribution in [0, 0.1) is 5.92 Å². The molecule has 0 radical (unpaired) electrons. The summed E-state index contributed by atoms with van der Waals surface area (Å²) >= 11 is 3.45. The van der Waals surface area contributed by atoms with Gasteiger partial charge in [-0.2, -0.15) is 0 Å². The van der Waals surface area contributed by atoms with Crippen LogP contribution in [0.1, 0.15) is 40.0 Å². The van der Waals surface area contributed by atoms with Gasteiger partial charge in [0.1, 0.15) is 0 Å². The van der Waals surface area contributed by atoms with Crippen LogP contribution in [0.5, 0.6) is 0 Å². The zero-order chi connectivity index (χ0) is 13.8. The summed E-state index contributed by atoms with van der Waals surface area (Å²) in [5.41, 5.74) is -0.364. The van der Waals surface area contributed by atoms with E-state index >= 15 is 0 Å². The number of carbonyl (C=O) groups is 1. The maximum Gasteiger partial charge on any atom is 0.407 e. The third-order valence-corrected chi connectivity index (χ3v) is 3.93. The number of nitrogens with zero attached hydrogens (tertiary/aromatic N) is 1. The molecule has 0 aromatic rings. The molecule has 1 atom stereocenters. The molecule has 0 aliphatic carbocycles. The number of hydrogen-bond acceptors (Lipinski definition) is 2. The number of amides is 1. The maximum atomic E-state index is 11.6. The molecule has 5 heteroatoms. The molecular formula is C13H24BrNO3. The topological polar surface area (TPSA) is 49.8 Å². The fourth-order valence-electron chi connectivity index (χ4n) is 2.71. The van der Waals surface area contributed by atoms with Gasteiger partial charge >= 0.3 is 6.09 Å². The van der Waals surface area contributed by atoms with Crippen molar-refractivity contribution in [2.75, 3.05) is 18.5 Å². The van der Waals surface area contributed by atoms with E-state index in [9.17, 15) is 9.90 Å². The number of halogens is 1. The van der Waals surface area contributed by atoms with Gasteiger partial charge in [-0.15, -0.1) is 0 Å². The standard InChI is InChI=1S/C13H24BrNO3/c1-13(2,3)15(12(16)17)11(4-7-14)10-5-8-18-9-6-10/h10-11H,4-9H2,1-3H3,(H,16,17). The van der Waals surface area contributed by atoms with Crippen LogP contribution >= 0.6 is 15.9 Å². The third-order valence-electron chi connectivity index (χ3n) is 3.48. The minimum atomic E-state index is -0.819. The first-order valence-electron chi connectivity index (χ1n) is 6.54. The van der Waals surface area contributed by atoms with Crippen molar-refractivity contribution >= 4 is 22.0 Å². The van der Waals surface area contributed by atoms with Gasteiger partial charge in [0.05, 0.1) is 0 Å². The quantitative estimate of drug-likeness (QED) is 0.808. The number of carboxylic acid groups (broad SMARTS) is 1. The van der Waals surface area contributed by atoms with Crippen LogP contribution in [0.25, 0.3) is 0 Å². The molecule has 0 aromatic carbocycles. The lowest BCUT2D eigenvalue weighted by atomic mass is 9.86. The van der Waals surface area contributed by atoms with E-state index < -0.39 is 6.09 Å². The predicted octanol–water partition coefficient (Wildman–Crippen LogP) is 3.35. The molecule has 1 unspecified atom stereocenters.